The molecule has 1 atom stereocenters. The summed E-state index contributed by atoms with van der Waals surface area (Å²) in [4.78, 5) is 14.8. The summed E-state index contributed by atoms with van der Waals surface area (Å²) in [6, 6.07) is 8.31. The Balaban J connectivity index is 1.29. The number of carbonyl (C=O) groups excluding carboxylic acids is 1. The van der Waals surface area contributed by atoms with Crippen molar-refractivity contribution >= 4 is 39.1 Å². The predicted molar refractivity (Wildman–Crippen MR) is 133 cm³/mol. The highest BCUT2D eigenvalue weighted by Gasteiger charge is 2.38. The Hall–Kier alpha value is -1.87. The Morgan fingerprint density at radius 1 is 1.09 bits per heavy atom. The fraction of sp³-hybridized carbons (Fsp3) is 0.480. The van der Waals surface area contributed by atoms with Crippen LogP contribution in [0.2, 0.25) is 10.0 Å². The van der Waals surface area contributed by atoms with Gasteiger partial charge in [-0.2, -0.15) is 0 Å². The van der Waals surface area contributed by atoms with E-state index in [0.29, 0.717) is 41.7 Å². The van der Waals surface area contributed by atoms with Crippen LogP contribution in [0.5, 0.6) is 5.75 Å². The lowest BCUT2D eigenvalue weighted by molar-refractivity contribution is 0.0832. The summed E-state index contributed by atoms with van der Waals surface area (Å²) in [5.41, 5.74) is 1.57. The lowest BCUT2D eigenvalue weighted by Crippen LogP contribution is -2.40. The predicted octanol–water partition coefficient (Wildman–Crippen LogP) is 5.28. The second-order valence-electron chi connectivity index (χ2n) is 9.69. The van der Waals surface area contributed by atoms with E-state index in [1.165, 1.54) is 12.1 Å². The SMILES string of the molecule is O=C(NS(=O)(=O)C1CC1)c1cc(C2CC2)c(OC2CCCN(Cc3ccc(Cl)c(Cl)c3)C2)cc1F. The second-order valence-corrected chi connectivity index (χ2v) is 12.5. The molecule has 1 heterocycles. The third-order valence-electron chi connectivity index (χ3n) is 6.71. The maximum Gasteiger partial charge on any atom is 0.267 e. The summed E-state index contributed by atoms with van der Waals surface area (Å²) >= 11 is 12.2. The van der Waals surface area contributed by atoms with Crippen LogP contribution in [0.1, 0.15) is 65.9 Å². The van der Waals surface area contributed by atoms with E-state index in [1.807, 2.05) is 16.9 Å². The summed E-state index contributed by atoms with van der Waals surface area (Å²) in [6.07, 6.45) is 4.55. The average molecular weight is 541 g/mol. The Morgan fingerprint density at radius 3 is 2.54 bits per heavy atom. The number of ether oxygens (including phenoxy) is 1. The first-order chi connectivity index (χ1) is 16.7. The Labute approximate surface area is 214 Å². The molecule has 5 rings (SSSR count). The van der Waals surface area contributed by atoms with Gasteiger partial charge in [-0.15, -0.1) is 0 Å². The van der Waals surface area contributed by atoms with Gasteiger partial charge in [0.1, 0.15) is 17.7 Å². The Bertz CT molecular complexity index is 1250. The number of nitrogens with zero attached hydrogens (tertiary/aromatic N) is 1. The molecule has 1 amide bonds. The molecule has 2 aromatic rings. The van der Waals surface area contributed by atoms with Gasteiger partial charge >= 0.3 is 0 Å². The van der Waals surface area contributed by atoms with Crippen LogP contribution in [0.15, 0.2) is 30.3 Å². The smallest absolute Gasteiger partial charge is 0.267 e. The lowest BCUT2D eigenvalue weighted by atomic mass is 10.0. The maximum absolute atomic E-state index is 15.0. The Kier molecular flexibility index (Phi) is 7.00. The number of likely N-dealkylation sites (tertiary alicyclic amines) is 1. The van der Waals surface area contributed by atoms with E-state index in [1.54, 1.807) is 6.07 Å². The summed E-state index contributed by atoms with van der Waals surface area (Å²) in [5, 5.41) is 0.484. The van der Waals surface area contributed by atoms with E-state index >= 15 is 0 Å². The van der Waals surface area contributed by atoms with Crippen molar-refractivity contribution in [2.45, 2.75) is 62.3 Å². The van der Waals surface area contributed by atoms with Crippen LogP contribution in [0, 0.1) is 5.82 Å². The number of carbonyl (C=O) groups is 1. The van der Waals surface area contributed by atoms with Crippen LogP contribution in [0.25, 0.3) is 0 Å². The Morgan fingerprint density at radius 2 is 1.86 bits per heavy atom. The van der Waals surface area contributed by atoms with Crippen molar-refractivity contribution in [3.05, 3.63) is 62.9 Å². The first kappa shape index (κ1) is 24.8. The van der Waals surface area contributed by atoms with Crippen LogP contribution in [-0.2, 0) is 16.6 Å². The third-order valence-corrected chi connectivity index (χ3v) is 9.26. The summed E-state index contributed by atoms with van der Waals surface area (Å²) in [6.45, 7) is 2.29. The molecule has 3 aliphatic rings. The van der Waals surface area contributed by atoms with Gasteiger partial charge in [-0.1, -0.05) is 29.3 Å². The number of hydrogen-bond donors (Lipinski definition) is 1. The monoisotopic (exact) mass is 540 g/mol. The van der Waals surface area contributed by atoms with E-state index in [2.05, 4.69) is 4.90 Å². The first-order valence-corrected chi connectivity index (χ1v) is 14.2. The highest BCUT2D eigenvalue weighted by atomic mass is 35.5. The lowest BCUT2D eigenvalue weighted by Gasteiger charge is -2.33. The zero-order valence-electron chi connectivity index (χ0n) is 19.1. The molecule has 1 aliphatic heterocycles. The van der Waals surface area contributed by atoms with Gasteiger partial charge in [0, 0.05) is 19.2 Å². The molecular formula is C25H27Cl2FN2O4S. The van der Waals surface area contributed by atoms with Crippen LogP contribution in [0.3, 0.4) is 0 Å². The van der Waals surface area contributed by atoms with E-state index in [0.717, 1.165) is 43.4 Å². The van der Waals surface area contributed by atoms with Gasteiger partial charge in [0.25, 0.3) is 5.91 Å². The normalized spacial score (nSPS) is 21.1. The van der Waals surface area contributed by atoms with Gasteiger partial charge in [0.15, 0.2) is 0 Å². The van der Waals surface area contributed by atoms with Gasteiger partial charge in [0.05, 0.1) is 20.9 Å². The molecule has 2 saturated carbocycles. The van der Waals surface area contributed by atoms with Crippen molar-refractivity contribution in [2.75, 3.05) is 13.1 Å². The van der Waals surface area contributed by atoms with E-state index < -0.39 is 27.0 Å². The number of halogens is 3. The van der Waals surface area contributed by atoms with Crippen LogP contribution in [-0.4, -0.2) is 43.7 Å². The van der Waals surface area contributed by atoms with Gasteiger partial charge in [-0.25, -0.2) is 17.5 Å². The minimum absolute atomic E-state index is 0.127. The zero-order valence-corrected chi connectivity index (χ0v) is 21.4. The highest BCUT2D eigenvalue weighted by molar-refractivity contribution is 7.91. The third kappa shape index (κ3) is 5.93. The molecule has 2 aromatic carbocycles. The zero-order chi connectivity index (χ0) is 24.7. The molecule has 0 aromatic heterocycles. The van der Waals surface area contributed by atoms with Crippen molar-refractivity contribution in [3.8, 4) is 5.75 Å². The molecule has 3 fully saturated rings. The minimum Gasteiger partial charge on any atom is -0.489 e. The number of hydrogen-bond acceptors (Lipinski definition) is 5. The largest absolute Gasteiger partial charge is 0.489 e. The average Bonchev–Trinajstić information content (AvgIpc) is 3.69. The first-order valence-electron chi connectivity index (χ1n) is 11.9. The number of rotatable bonds is 8. The molecule has 0 radical (unpaired) electrons. The maximum atomic E-state index is 15.0. The quantitative estimate of drug-likeness (QED) is 0.493. The number of sulfonamides is 1. The second kappa shape index (κ2) is 9.88. The van der Waals surface area contributed by atoms with Crippen LogP contribution in [0.4, 0.5) is 4.39 Å². The summed E-state index contributed by atoms with van der Waals surface area (Å²) < 4.78 is 47.6. The van der Waals surface area contributed by atoms with Gasteiger partial charge < -0.3 is 4.74 Å². The van der Waals surface area contributed by atoms with Gasteiger partial charge in [-0.3, -0.25) is 9.69 Å². The molecule has 1 saturated heterocycles. The molecule has 188 valence electrons. The van der Waals surface area contributed by atoms with Crippen molar-refractivity contribution in [1.82, 2.24) is 9.62 Å². The highest BCUT2D eigenvalue weighted by Crippen LogP contribution is 2.45. The molecule has 0 bridgehead atoms. The van der Waals surface area contributed by atoms with Crippen molar-refractivity contribution in [1.29, 1.82) is 0 Å². The molecule has 6 nitrogen and oxygen atoms in total. The van der Waals surface area contributed by atoms with Crippen molar-refractivity contribution < 1.29 is 22.3 Å². The molecule has 10 heteroatoms. The van der Waals surface area contributed by atoms with E-state index in [-0.39, 0.29) is 17.6 Å². The molecule has 1 N–H and O–H groups in total. The number of nitrogens with one attached hydrogen (secondary N) is 1. The van der Waals surface area contributed by atoms with E-state index in [9.17, 15) is 17.6 Å². The number of amides is 1. The summed E-state index contributed by atoms with van der Waals surface area (Å²) in [7, 11) is -3.76. The standard InChI is InChI=1S/C25H27Cl2FN2O4S/c26-21-8-3-15(10-22(21)27)13-30-9-1-2-17(14-30)34-24-12-23(28)20(11-19(24)16-4-5-16)25(31)29-35(32,33)18-6-7-18/h3,8,10-12,16-18H,1-2,4-7,9,13-14H2,(H,29,31). The number of piperidine rings is 1. The van der Waals surface area contributed by atoms with Gasteiger partial charge in [-0.05, 0) is 80.3 Å². The van der Waals surface area contributed by atoms with Crippen molar-refractivity contribution in [3.63, 3.8) is 0 Å². The summed E-state index contributed by atoms with van der Waals surface area (Å²) in [5.74, 6) is -1.08. The van der Waals surface area contributed by atoms with Crippen LogP contribution < -0.4 is 9.46 Å². The number of benzene rings is 2. The molecule has 2 aliphatic carbocycles. The van der Waals surface area contributed by atoms with Gasteiger partial charge in [0.2, 0.25) is 10.0 Å². The van der Waals surface area contributed by atoms with E-state index in [4.69, 9.17) is 27.9 Å². The van der Waals surface area contributed by atoms with Crippen molar-refractivity contribution in [2.24, 2.45) is 0 Å². The molecule has 1 unspecified atom stereocenters. The minimum atomic E-state index is -3.76. The molecular weight excluding hydrogens is 514 g/mol. The fourth-order valence-electron chi connectivity index (χ4n) is 4.54. The molecule has 35 heavy (non-hydrogen) atoms. The van der Waals surface area contributed by atoms with Crippen LogP contribution >= 0.6 is 23.2 Å². The fourth-order valence-corrected chi connectivity index (χ4v) is 6.15. The topological polar surface area (TPSA) is 75.7 Å². The molecule has 0 spiro atoms.